The molecule has 0 aromatic heterocycles. The number of nitrogens with one attached hydrogen (secondary N) is 1. The second-order valence-electron chi connectivity index (χ2n) is 19.9. The zero-order valence-electron chi connectivity index (χ0n) is 44.3. The number of unbranched alkanes of at least 4 members (excludes halogenated alkanes) is 27. The van der Waals surface area contributed by atoms with Crippen LogP contribution in [0.15, 0.2) is 72.9 Å². The SMILES string of the molecule is CC/C=C\C/C=C\C/C=C\C/C=C\C/C=C\CCCCCCCCCCCCCCCCCCCCCC(=O)NC(COP(=O)([O-])OCC[N+](C)(C)C)C(O)/C=C/CCCCCCCCCC. The number of carbonyl (C=O) groups is 1. The summed E-state index contributed by atoms with van der Waals surface area (Å²) < 4.78 is 23.2. The third kappa shape index (κ3) is 51.6. The van der Waals surface area contributed by atoms with Crippen molar-refractivity contribution in [2.45, 2.75) is 251 Å². The maximum absolute atomic E-state index is 12.9. The van der Waals surface area contributed by atoms with Crippen molar-refractivity contribution in [2.24, 2.45) is 0 Å². The van der Waals surface area contributed by atoms with Crippen molar-refractivity contribution in [3.63, 3.8) is 0 Å². The predicted octanol–water partition coefficient (Wildman–Crippen LogP) is 16.1. The van der Waals surface area contributed by atoms with E-state index in [0.29, 0.717) is 17.4 Å². The zero-order valence-corrected chi connectivity index (χ0v) is 45.2. The van der Waals surface area contributed by atoms with Crippen molar-refractivity contribution in [1.82, 2.24) is 5.32 Å². The minimum Gasteiger partial charge on any atom is -0.756 e. The Bertz CT molecular complexity index is 1320. The number of aliphatic hydroxyl groups excluding tert-OH is 1. The van der Waals surface area contributed by atoms with Gasteiger partial charge in [0.05, 0.1) is 39.9 Å². The third-order valence-electron chi connectivity index (χ3n) is 12.2. The number of allylic oxidation sites excluding steroid dienone is 11. The van der Waals surface area contributed by atoms with Gasteiger partial charge in [-0.3, -0.25) is 9.36 Å². The second kappa shape index (κ2) is 48.9. The van der Waals surface area contributed by atoms with Gasteiger partial charge >= 0.3 is 0 Å². The number of phosphoric ester groups is 1. The summed E-state index contributed by atoms with van der Waals surface area (Å²) in [5, 5.41) is 13.8. The number of carbonyl (C=O) groups excluding carboxylic acids is 1. The van der Waals surface area contributed by atoms with E-state index < -0.39 is 20.0 Å². The fourth-order valence-electron chi connectivity index (χ4n) is 7.83. The van der Waals surface area contributed by atoms with Crippen LogP contribution < -0.4 is 10.2 Å². The predicted molar refractivity (Wildman–Crippen MR) is 288 cm³/mol. The maximum atomic E-state index is 12.9. The largest absolute Gasteiger partial charge is 0.756 e. The molecule has 0 aromatic carbocycles. The Balaban J connectivity index is 3.95. The Kier molecular flexibility index (Phi) is 47.4. The van der Waals surface area contributed by atoms with Crippen LogP contribution in [-0.2, 0) is 18.4 Å². The van der Waals surface area contributed by atoms with Gasteiger partial charge in [-0.1, -0.05) is 241 Å². The molecule has 0 saturated carbocycles. The Morgan fingerprint density at radius 2 is 0.910 bits per heavy atom. The Hall–Kier alpha value is -2.06. The first kappa shape index (κ1) is 64.9. The molecule has 0 radical (unpaired) electrons. The normalized spacial score (nSPS) is 14.6. The van der Waals surface area contributed by atoms with Crippen molar-refractivity contribution >= 4 is 13.7 Å². The zero-order chi connectivity index (χ0) is 49.2. The number of nitrogens with zero attached hydrogens (tertiary/aromatic N) is 1. The monoisotopic (exact) mass is 959 g/mol. The van der Waals surface area contributed by atoms with Crippen molar-refractivity contribution < 1.29 is 32.9 Å². The molecule has 0 heterocycles. The first-order chi connectivity index (χ1) is 32.5. The molecule has 8 nitrogen and oxygen atoms in total. The lowest BCUT2D eigenvalue weighted by atomic mass is 10.0. The highest BCUT2D eigenvalue weighted by Gasteiger charge is 2.23. The van der Waals surface area contributed by atoms with Gasteiger partial charge in [0.25, 0.3) is 7.82 Å². The van der Waals surface area contributed by atoms with Crippen molar-refractivity contribution in [3.05, 3.63) is 72.9 Å². The van der Waals surface area contributed by atoms with Crippen LogP contribution in [0.2, 0.25) is 0 Å². The van der Waals surface area contributed by atoms with E-state index in [1.54, 1.807) is 6.08 Å². The molecule has 2 N–H and O–H groups in total. The van der Waals surface area contributed by atoms with Gasteiger partial charge in [0.15, 0.2) is 0 Å². The fraction of sp³-hybridized carbons (Fsp3) is 0.776. The van der Waals surface area contributed by atoms with E-state index in [4.69, 9.17) is 9.05 Å². The van der Waals surface area contributed by atoms with E-state index in [2.05, 4.69) is 79.9 Å². The fourth-order valence-corrected chi connectivity index (χ4v) is 8.55. The summed E-state index contributed by atoms with van der Waals surface area (Å²) in [7, 11) is 1.26. The molecule has 1 amide bonds. The van der Waals surface area contributed by atoms with E-state index in [9.17, 15) is 19.4 Å². The van der Waals surface area contributed by atoms with Gasteiger partial charge in [0.2, 0.25) is 5.91 Å². The number of quaternary nitrogens is 1. The van der Waals surface area contributed by atoms with Crippen LogP contribution in [0.3, 0.4) is 0 Å². The van der Waals surface area contributed by atoms with Crippen LogP contribution in [0.4, 0.5) is 0 Å². The van der Waals surface area contributed by atoms with E-state index in [1.807, 2.05) is 27.2 Å². The number of likely N-dealkylation sites (N-methyl/N-ethyl adjacent to an activating group) is 1. The van der Waals surface area contributed by atoms with Crippen LogP contribution in [0.1, 0.15) is 239 Å². The summed E-state index contributed by atoms with van der Waals surface area (Å²) in [6.07, 6.45) is 67.1. The van der Waals surface area contributed by atoms with Gasteiger partial charge in [0.1, 0.15) is 13.2 Å². The van der Waals surface area contributed by atoms with E-state index in [1.165, 1.54) is 148 Å². The van der Waals surface area contributed by atoms with Crippen molar-refractivity contribution in [2.75, 3.05) is 40.9 Å². The first-order valence-corrected chi connectivity index (χ1v) is 29.3. The molecule has 0 aliphatic carbocycles. The molecule has 0 spiro atoms. The maximum Gasteiger partial charge on any atom is 0.268 e. The molecule has 0 rings (SSSR count). The van der Waals surface area contributed by atoms with Gasteiger partial charge in [-0.25, -0.2) is 0 Å². The summed E-state index contributed by atoms with van der Waals surface area (Å²) in [5.41, 5.74) is 0. The molecule has 9 heteroatoms. The highest BCUT2D eigenvalue weighted by atomic mass is 31.2. The Labute approximate surface area is 414 Å². The third-order valence-corrected chi connectivity index (χ3v) is 13.1. The number of hydrogen-bond acceptors (Lipinski definition) is 6. The summed E-state index contributed by atoms with van der Waals surface area (Å²) in [6.45, 7) is 4.51. The lowest BCUT2D eigenvalue weighted by Crippen LogP contribution is -2.45. The minimum absolute atomic E-state index is 0.00182. The second-order valence-corrected chi connectivity index (χ2v) is 21.3. The molecule has 390 valence electrons. The molecular weight excluding hydrogens is 852 g/mol. The highest BCUT2D eigenvalue weighted by Crippen LogP contribution is 2.38. The minimum atomic E-state index is -4.59. The van der Waals surface area contributed by atoms with Crippen LogP contribution in [0, 0.1) is 0 Å². The topological polar surface area (TPSA) is 108 Å². The highest BCUT2D eigenvalue weighted by molar-refractivity contribution is 7.45. The van der Waals surface area contributed by atoms with Crippen LogP contribution >= 0.6 is 7.82 Å². The van der Waals surface area contributed by atoms with E-state index in [-0.39, 0.29) is 19.1 Å². The summed E-state index contributed by atoms with van der Waals surface area (Å²) in [5.74, 6) is -0.199. The lowest BCUT2D eigenvalue weighted by Gasteiger charge is -2.29. The Morgan fingerprint density at radius 3 is 1.33 bits per heavy atom. The molecule has 3 unspecified atom stereocenters. The van der Waals surface area contributed by atoms with Crippen molar-refractivity contribution in [3.8, 4) is 0 Å². The molecule has 0 bridgehead atoms. The number of rotatable bonds is 50. The Morgan fingerprint density at radius 1 is 0.537 bits per heavy atom. The van der Waals surface area contributed by atoms with E-state index >= 15 is 0 Å². The molecular formula is C58H107N2O6P. The molecule has 0 aliphatic heterocycles. The molecule has 3 atom stereocenters. The number of hydrogen-bond donors (Lipinski definition) is 2. The molecule has 0 saturated heterocycles. The number of phosphoric acid groups is 1. The van der Waals surface area contributed by atoms with Crippen LogP contribution in [0.25, 0.3) is 0 Å². The van der Waals surface area contributed by atoms with Crippen LogP contribution in [-0.4, -0.2) is 68.5 Å². The summed E-state index contributed by atoms with van der Waals surface area (Å²) in [4.78, 5) is 25.4. The van der Waals surface area contributed by atoms with Gasteiger partial charge in [-0.15, -0.1) is 0 Å². The summed E-state index contributed by atoms with van der Waals surface area (Å²) in [6, 6.07) is -0.885. The molecule has 0 fully saturated rings. The van der Waals surface area contributed by atoms with Crippen LogP contribution in [0.5, 0.6) is 0 Å². The first-order valence-electron chi connectivity index (χ1n) is 27.8. The number of aliphatic hydroxyl groups is 1. The van der Waals surface area contributed by atoms with Gasteiger partial charge in [0, 0.05) is 6.42 Å². The standard InChI is InChI=1S/C58H107N2O6P/c1-6-8-10-12-14-16-18-19-20-21-22-23-24-25-26-27-28-29-30-31-32-33-34-35-36-37-38-39-40-41-42-44-46-48-50-52-58(62)59-56(55-66-67(63,64)65-54-53-60(3,4)5)57(61)51-49-47-45-43-17-15-13-11-9-7-2/h8,10,14,16,19-20,22-23,25-26,49,51,56-57,61H,6-7,9,11-13,15,17-18,21,24,27-48,50,52-55H2,1-5H3,(H-,59,62,63,64)/b10-8-,16-14-,20-19-,23-22-,26-25-,51-49+. The summed E-state index contributed by atoms with van der Waals surface area (Å²) >= 11 is 0. The average molecular weight is 959 g/mol. The smallest absolute Gasteiger partial charge is 0.268 e. The van der Waals surface area contributed by atoms with Gasteiger partial charge < -0.3 is 28.8 Å². The lowest BCUT2D eigenvalue weighted by molar-refractivity contribution is -0.870. The van der Waals surface area contributed by atoms with E-state index in [0.717, 1.165) is 70.6 Å². The average Bonchev–Trinajstić information content (AvgIpc) is 3.29. The molecule has 67 heavy (non-hydrogen) atoms. The van der Waals surface area contributed by atoms with Gasteiger partial charge in [-0.2, -0.15) is 0 Å². The number of amides is 1. The molecule has 0 aliphatic rings. The van der Waals surface area contributed by atoms with Gasteiger partial charge in [-0.05, 0) is 64.2 Å². The molecule has 0 aromatic rings. The quantitative estimate of drug-likeness (QED) is 0.0272. The van der Waals surface area contributed by atoms with Crippen molar-refractivity contribution in [1.29, 1.82) is 0 Å².